The Bertz CT molecular complexity index is 1800. The predicted molar refractivity (Wildman–Crippen MR) is 280 cm³/mol. The van der Waals surface area contributed by atoms with Crippen molar-refractivity contribution >= 4 is 14.6 Å². The van der Waals surface area contributed by atoms with E-state index in [1.54, 1.807) is 0 Å². The summed E-state index contributed by atoms with van der Waals surface area (Å²) in [5.74, 6) is 0.500. The number of esters is 1. The first-order valence-electron chi connectivity index (χ1n) is 25.7. The highest BCUT2D eigenvalue weighted by atomic mass is 31.2. The number of hydrogen-bond acceptors (Lipinski definition) is 5. The normalized spacial score (nSPS) is 13.3. The molecule has 0 radical (unpaired) electrons. The van der Waals surface area contributed by atoms with Gasteiger partial charge in [0, 0.05) is 17.5 Å². The monoisotopic (exact) mass is 915 g/mol. The molecule has 3 aromatic rings. The molecular formula is C59H95O5P. The van der Waals surface area contributed by atoms with Crippen molar-refractivity contribution in [1.29, 1.82) is 0 Å². The van der Waals surface area contributed by atoms with Gasteiger partial charge in [-0.1, -0.05) is 246 Å². The SMILES string of the molecule is CCCCCCCCCCCCCCCCCCOC(=O)CCc1cc(C(C)(C)C)c(OP(O)OC(C)(c2ccc(C)cc2C(C)(C)C)c2ccc(C)cc2C(C)(C)C)c(C(C)(C)C)c1. The van der Waals surface area contributed by atoms with E-state index in [4.69, 9.17) is 13.8 Å². The lowest BCUT2D eigenvalue weighted by Crippen LogP contribution is -2.33. The van der Waals surface area contributed by atoms with Crippen LogP contribution in [0.25, 0.3) is 0 Å². The molecule has 3 rings (SSSR count). The van der Waals surface area contributed by atoms with Gasteiger partial charge in [-0.05, 0) is 83.1 Å². The number of aryl methyl sites for hydroxylation is 3. The molecule has 5 nitrogen and oxygen atoms in total. The first-order valence-corrected chi connectivity index (χ1v) is 26.8. The Balaban J connectivity index is 1.72. The van der Waals surface area contributed by atoms with Crippen LogP contribution in [0.1, 0.15) is 256 Å². The van der Waals surface area contributed by atoms with Gasteiger partial charge in [0.15, 0.2) is 0 Å². The average Bonchev–Trinajstić information content (AvgIpc) is 3.19. The lowest BCUT2D eigenvalue weighted by molar-refractivity contribution is -0.143. The van der Waals surface area contributed by atoms with Crippen LogP contribution < -0.4 is 4.52 Å². The molecule has 3 aromatic carbocycles. The van der Waals surface area contributed by atoms with E-state index in [2.05, 4.69) is 159 Å². The van der Waals surface area contributed by atoms with Gasteiger partial charge in [-0.25, -0.2) is 0 Å². The number of rotatable bonds is 26. The quantitative estimate of drug-likeness (QED) is 0.0494. The van der Waals surface area contributed by atoms with E-state index in [-0.39, 0.29) is 27.6 Å². The van der Waals surface area contributed by atoms with E-state index in [0.717, 1.165) is 40.7 Å². The van der Waals surface area contributed by atoms with Gasteiger partial charge in [-0.2, -0.15) is 0 Å². The Hall–Kier alpha value is -2.72. The molecule has 0 fully saturated rings. The highest BCUT2D eigenvalue weighted by Crippen LogP contribution is 2.53. The van der Waals surface area contributed by atoms with Crippen LogP contribution in [-0.2, 0) is 47.7 Å². The van der Waals surface area contributed by atoms with Crippen molar-refractivity contribution in [1.82, 2.24) is 0 Å². The molecule has 0 saturated carbocycles. The molecule has 65 heavy (non-hydrogen) atoms. The second-order valence-corrected chi connectivity index (χ2v) is 24.4. The van der Waals surface area contributed by atoms with Crippen LogP contribution in [0.15, 0.2) is 48.5 Å². The minimum absolute atomic E-state index is 0.149. The molecule has 6 heteroatoms. The molecule has 0 bridgehead atoms. The maximum Gasteiger partial charge on any atom is 0.395 e. The van der Waals surface area contributed by atoms with E-state index in [9.17, 15) is 9.69 Å². The van der Waals surface area contributed by atoms with E-state index in [0.29, 0.717) is 25.2 Å². The standard InChI is InChI=1S/C59H95O5P/c1-17-18-19-20-21-22-23-24-25-26-27-28-29-30-31-32-39-62-53(60)38-35-46-42-51(57(10,11)12)54(52(43-46)58(13,14)15)63-65(61)64-59(16,47-36-33-44(2)40-49(47)55(4,5)6)48-37-34-45(3)41-50(48)56(7,8)9/h33-34,36-37,40-43,61H,17-32,35,38-39H2,1-16H3. The van der Waals surface area contributed by atoms with E-state index >= 15 is 0 Å². The molecular weight excluding hydrogens is 820 g/mol. The first-order chi connectivity index (χ1) is 30.3. The van der Waals surface area contributed by atoms with Gasteiger partial charge in [-0.3, -0.25) is 9.32 Å². The predicted octanol–water partition coefficient (Wildman–Crippen LogP) is 17.8. The van der Waals surface area contributed by atoms with E-state index in [1.165, 1.54) is 112 Å². The summed E-state index contributed by atoms with van der Waals surface area (Å²) in [7, 11) is -2.45. The van der Waals surface area contributed by atoms with Crippen LogP contribution in [0.5, 0.6) is 5.75 Å². The Morgan fingerprint density at radius 1 is 0.508 bits per heavy atom. The van der Waals surface area contributed by atoms with Gasteiger partial charge in [0.2, 0.25) is 0 Å². The third kappa shape index (κ3) is 18.4. The van der Waals surface area contributed by atoms with Crippen molar-refractivity contribution in [2.45, 2.75) is 254 Å². The van der Waals surface area contributed by atoms with E-state index in [1.807, 2.05) is 0 Å². The molecule has 1 N–H and O–H groups in total. The number of carbonyl (C=O) groups excluding carboxylic acids is 1. The fourth-order valence-corrected chi connectivity index (χ4v) is 9.99. The summed E-state index contributed by atoms with van der Waals surface area (Å²) < 4.78 is 19.6. The molecule has 0 saturated heterocycles. The van der Waals surface area contributed by atoms with E-state index < -0.39 is 14.2 Å². The van der Waals surface area contributed by atoms with Crippen LogP contribution in [0.4, 0.5) is 0 Å². The summed E-state index contributed by atoms with van der Waals surface area (Å²) in [6.45, 7) is 35.6. The topological polar surface area (TPSA) is 65.0 Å². The highest BCUT2D eigenvalue weighted by Gasteiger charge is 2.42. The molecule has 366 valence electrons. The maximum absolute atomic E-state index is 13.0. The summed E-state index contributed by atoms with van der Waals surface area (Å²) in [6, 6.07) is 17.5. The molecule has 1 atom stereocenters. The zero-order valence-corrected chi connectivity index (χ0v) is 45.5. The Labute approximate surface area is 401 Å². The second kappa shape index (κ2) is 25.6. The lowest BCUT2D eigenvalue weighted by atomic mass is 9.72. The minimum atomic E-state index is -2.45. The zero-order chi connectivity index (χ0) is 48.6. The van der Waals surface area contributed by atoms with Gasteiger partial charge < -0.3 is 14.2 Å². The first kappa shape index (κ1) is 56.6. The second-order valence-electron chi connectivity index (χ2n) is 23.6. The molecule has 0 aliphatic rings. The fourth-order valence-electron chi connectivity index (χ4n) is 9.09. The summed E-state index contributed by atoms with van der Waals surface area (Å²) in [5.41, 5.74) is 7.64. The molecule has 0 spiro atoms. The van der Waals surface area contributed by atoms with Crippen molar-refractivity contribution in [3.05, 3.63) is 98.6 Å². The Morgan fingerprint density at radius 3 is 1.25 bits per heavy atom. The van der Waals surface area contributed by atoms with Crippen LogP contribution in [-0.4, -0.2) is 17.5 Å². The summed E-state index contributed by atoms with van der Waals surface area (Å²) in [5, 5.41) is 0. The van der Waals surface area contributed by atoms with Crippen LogP contribution in [0.2, 0.25) is 0 Å². The van der Waals surface area contributed by atoms with Crippen molar-refractivity contribution in [2.75, 3.05) is 6.61 Å². The molecule has 0 heterocycles. The summed E-state index contributed by atoms with van der Waals surface area (Å²) >= 11 is 0. The summed E-state index contributed by atoms with van der Waals surface area (Å²) in [6.07, 6.45) is 22.0. The van der Waals surface area contributed by atoms with Gasteiger partial charge in [0.25, 0.3) is 0 Å². The summed E-state index contributed by atoms with van der Waals surface area (Å²) in [4.78, 5) is 25.3. The van der Waals surface area contributed by atoms with Crippen molar-refractivity contribution in [3.63, 3.8) is 0 Å². The van der Waals surface area contributed by atoms with Crippen molar-refractivity contribution < 1.29 is 23.5 Å². The number of hydrogen-bond donors (Lipinski definition) is 1. The van der Waals surface area contributed by atoms with Gasteiger partial charge in [-0.15, -0.1) is 0 Å². The largest absolute Gasteiger partial charge is 0.466 e. The van der Waals surface area contributed by atoms with Gasteiger partial charge in [0.05, 0.1) is 6.61 Å². The van der Waals surface area contributed by atoms with Crippen molar-refractivity contribution in [2.24, 2.45) is 0 Å². The van der Waals surface area contributed by atoms with Crippen LogP contribution >= 0.6 is 8.60 Å². The smallest absolute Gasteiger partial charge is 0.395 e. The minimum Gasteiger partial charge on any atom is -0.466 e. The molecule has 0 aromatic heterocycles. The molecule has 0 aliphatic carbocycles. The van der Waals surface area contributed by atoms with Crippen LogP contribution in [0.3, 0.4) is 0 Å². The molecule has 1 unspecified atom stereocenters. The third-order valence-electron chi connectivity index (χ3n) is 13.1. The zero-order valence-electron chi connectivity index (χ0n) is 44.6. The number of carbonyl (C=O) groups is 1. The highest BCUT2D eigenvalue weighted by molar-refractivity contribution is 7.41. The Morgan fingerprint density at radius 2 is 0.877 bits per heavy atom. The van der Waals surface area contributed by atoms with Crippen molar-refractivity contribution in [3.8, 4) is 5.75 Å². The third-order valence-corrected chi connectivity index (χ3v) is 13.9. The number of unbranched alkanes of at least 4 members (excludes halogenated alkanes) is 15. The Kier molecular flexibility index (Phi) is 22.3. The average molecular weight is 915 g/mol. The molecule has 0 aliphatic heterocycles. The number of benzene rings is 3. The maximum atomic E-state index is 13.0. The fraction of sp³-hybridized carbons (Fsp3) is 0.678. The molecule has 0 amide bonds. The lowest BCUT2D eigenvalue weighted by Gasteiger charge is -2.40. The number of ether oxygens (including phenoxy) is 1. The van der Waals surface area contributed by atoms with Gasteiger partial charge >= 0.3 is 14.6 Å². The van der Waals surface area contributed by atoms with Gasteiger partial charge in [0.1, 0.15) is 11.4 Å². The van der Waals surface area contributed by atoms with Crippen LogP contribution in [0, 0.1) is 13.8 Å².